The van der Waals surface area contributed by atoms with Crippen LogP contribution in [-0.4, -0.2) is 36.5 Å². The number of aliphatic imine (C=N–C) groups is 1. The van der Waals surface area contributed by atoms with Gasteiger partial charge in [-0.15, -0.1) is 35.3 Å². The SMILES string of the molecule is CN=C(NCCc1cc(Br)ccc1F)N(C)Cc1csc(C)n1.I. The fourth-order valence-corrected chi connectivity index (χ4v) is 3.24. The highest BCUT2D eigenvalue weighted by Crippen LogP contribution is 2.15. The van der Waals surface area contributed by atoms with Crippen LogP contribution in [0, 0.1) is 12.7 Å². The van der Waals surface area contributed by atoms with Crippen molar-refractivity contribution in [3.05, 3.63) is 50.1 Å². The van der Waals surface area contributed by atoms with Crippen molar-refractivity contribution >= 4 is 57.2 Å². The molecule has 0 amide bonds. The second kappa shape index (κ2) is 10.3. The molecule has 0 aliphatic heterocycles. The number of hydrogen-bond donors (Lipinski definition) is 1. The van der Waals surface area contributed by atoms with Gasteiger partial charge in [0.1, 0.15) is 5.82 Å². The lowest BCUT2D eigenvalue weighted by Gasteiger charge is -2.21. The molecule has 0 unspecified atom stereocenters. The molecule has 0 bridgehead atoms. The third-order valence-corrected chi connectivity index (χ3v) is 4.64. The van der Waals surface area contributed by atoms with Crippen molar-refractivity contribution in [2.24, 2.45) is 4.99 Å². The van der Waals surface area contributed by atoms with E-state index in [1.807, 2.05) is 24.9 Å². The molecule has 1 aromatic carbocycles. The van der Waals surface area contributed by atoms with E-state index in [2.05, 4.69) is 36.6 Å². The maximum atomic E-state index is 13.7. The molecule has 0 radical (unpaired) electrons. The zero-order chi connectivity index (χ0) is 16.8. The summed E-state index contributed by atoms with van der Waals surface area (Å²) in [5.74, 6) is 0.586. The van der Waals surface area contributed by atoms with Crippen LogP contribution in [0.15, 0.2) is 33.0 Å². The Morgan fingerprint density at radius 2 is 2.21 bits per heavy atom. The average Bonchev–Trinajstić information content (AvgIpc) is 2.92. The predicted octanol–water partition coefficient (Wildman–Crippen LogP) is 4.22. The quantitative estimate of drug-likeness (QED) is 0.360. The Kier molecular flexibility index (Phi) is 9.14. The van der Waals surface area contributed by atoms with Gasteiger partial charge in [-0.05, 0) is 37.1 Å². The lowest BCUT2D eigenvalue weighted by Crippen LogP contribution is -2.39. The molecule has 0 saturated carbocycles. The lowest BCUT2D eigenvalue weighted by molar-refractivity contribution is 0.471. The molecule has 0 aliphatic rings. The number of halogens is 3. The summed E-state index contributed by atoms with van der Waals surface area (Å²) in [5.41, 5.74) is 1.70. The Morgan fingerprint density at radius 3 is 2.83 bits per heavy atom. The Balaban J connectivity index is 0.00000288. The molecule has 1 N–H and O–H groups in total. The van der Waals surface area contributed by atoms with Crippen LogP contribution < -0.4 is 5.32 Å². The zero-order valence-corrected chi connectivity index (χ0v) is 18.6. The van der Waals surface area contributed by atoms with Gasteiger partial charge < -0.3 is 10.2 Å². The number of guanidine groups is 1. The van der Waals surface area contributed by atoms with Gasteiger partial charge in [0, 0.05) is 30.5 Å². The number of nitrogens with one attached hydrogen (secondary N) is 1. The van der Waals surface area contributed by atoms with Gasteiger partial charge in [-0.3, -0.25) is 4.99 Å². The van der Waals surface area contributed by atoms with E-state index < -0.39 is 0 Å². The number of benzene rings is 1. The van der Waals surface area contributed by atoms with Gasteiger partial charge in [0.15, 0.2) is 5.96 Å². The number of aryl methyl sites for hydroxylation is 1. The first-order valence-electron chi connectivity index (χ1n) is 7.26. The molecule has 0 aliphatic carbocycles. The summed E-state index contributed by atoms with van der Waals surface area (Å²) in [7, 11) is 3.70. The van der Waals surface area contributed by atoms with Crippen LogP contribution in [0.1, 0.15) is 16.3 Å². The zero-order valence-electron chi connectivity index (χ0n) is 13.8. The standard InChI is InChI=1S/C16H20BrFN4S.HI/c1-11-21-14(10-23-11)9-22(3)16(19-2)20-7-6-12-8-13(17)4-5-15(12)18;/h4-5,8,10H,6-7,9H2,1-3H3,(H,19,20);1H. The van der Waals surface area contributed by atoms with E-state index in [4.69, 9.17) is 0 Å². The minimum absolute atomic E-state index is 0. The molecule has 4 nitrogen and oxygen atoms in total. The summed E-state index contributed by atoms with van der Waals surface area (Å²) in [6.45, 7) is 3.30. The number of hydrogen-bond acceptors (Lipinski definition) is 3. The molecule has 2 rings (SSSR count). The fraction of sp³-hybridized carbons (Fsp3) is 0.375. The smallest absolute Gasteiger partial charge is 0.193 e. The van der Waals surface area contributed by atoms with Crippen LogP contribution in [0.5, 0.6) is 0 Å². The first-order valence-corrected chi connectivity index (χ1v) is 8.93. The highest BCUT2D eigenvalue weighted by Gasteiger charge is 2.09. The molecule has 0 spiro atoms. The number of nitrogens with zero attached hydrogens (tertiary/aromatic N) is 3. The van der Waals surface area contributed by atoms with E-state index >= 15 is 0 Å². The third kappa shape index (κ3) is 6.29. The van der Waals surface area contributed by atoms with E-state index in [0.717, 1.165) is 21.1 Å². The summed E-state index contributed by atoms with van der Waals surface area (Å²) in [5, 5.41) is 6.37. The first-order chi connectivity index (χ1) is 11.0. The topological polar surface area (TPSA) is 40.5 Å². The van der Waals surface area contributed by atoms with Crippen LogP contribution in [-0.2, 0) is 13.0 Å². The fourth-order valence-electron chi connectivity index (χ4n) is 2.23. The summed E-state index contributed by atoms with van der Waals surface area (Å²) in [6.07, 6.45) is 0.591. The van der Waals surface area contributed by atoms with Crippen LogP contribution in [0.25, 0.3) is 0 Å². The monoisotopic (exact) mass is 526 g/mol. The van der Waals surface area contributed by atoms with Crippen molar-refractivity contribution in [2.45, 2.75) is 19.9 Å². The Hall–Kier alpha value is -0.740. The highest BCUT2D eigenvalue weighted by molar-refractivity contribution is 14.0. The molecular weight excluding hydrogens is 506 g/mol. The van der Waals surface area contributed by atoms with Crippen LogP contribution >= 0.6 is 51.2 Å². The van der Waals surface area contributed by atoms with E-state index in [-0.39, 0.29) is 29.8 Å². The van der Waals surface area contributed by atoms with Crippen molar-refractivity contribution < 1.29 is 4.39 Å². The van der Waals surface area contributed by atoms with Crippen LogP contribution in [0.4, 0.5) is 4.39 Å². The average molecular weight is 527 g/mol. The largest absolute Gasteiger partial charge is 0.356 e. The lowest BCUT2D eigenvalue weighted by atomic mass is 10.1. The van der Waals surface area contributed by atoms with E-state index in [1.54, 1.807) is 24.5 Å². The minimum Gasteiger partial charge on any atom is -0.356 e. The third-order valence-electron chi connectivity index (χ3n) is 3.32. The maximum Gasteiger partial charge on any atom is 0.193 e. The van der Waals surface area contributed by atoms with E-state index in [0.29, 0.717) is 25.1 Å². The van der Waals surface area contributed by atoms with Gasteiger partial charge in [0.2, 0.25) is 0 Å². The van der Waals surface area contributed by atoms with Crippen molar-refractivity contribution in [3.63, 3.8) is 0 Å². The summed E-state index contributed by atoms with van der Waals surface area (Å²) >= 11 is 5.01. The molecule has 0 fully saturated rings. The first kappa shape index (κ1) is 21.3. The van der Waals surface area contributed by atoms with Gasteiger partial charge in [-0.1, -0.05) is 15.9 Å². The van der Waals surface area contributed by atoms with Crippen LogP contribution in [0.2, 0.25) is 0 Å². The van der Waals surface area contributed by atoms with Crippen LogP contribution in [0.3, 0.4) is 0 Å². The maximum absolute atomic E-state index is 13.7. The molecule has 132 valence electrons. The molecule has 0 atom stereocenters. The highest BCUT2D eigenvalue weighted by atomic mass is 127. The second-order valence-electron chi connectivity index (χ2n) is 5.17. The molecular formula is C16H21BrFIN4S. The van der Waals surface area contributed by atoms with Gasteiger partial charge in [0.25, 0.3) is 0 Å². The summed E-state index contributed by atoms with van der Waals surface area (Å²) < 4.78 is 14.6. The van der Waals surface area contributed by atoms with Gasteiger partial charge >= 0.3 is 0 Å². The molecule has 0 saturated heterocycles. The molecule has 24 heavy (non-hydrogen) atoms. The Labute approximate surface area is 171 Å². The molecule has 1 aromatic heterocycles. The van der Waals surface area contributed by atoms with Crippen molar-refractivity contribution in [2.75, 3.05) is 20.6 Å². The van der Waals surface area contributed by atoms with Crippen molar-refractivity contribution in [1.29, 1.82) is 0 Å². The Bertz CT molecular complexity index is 692. The molecule has 2 aromatic rings. The molecule has 8 heteroatoms. The molecule has 1 heterocycles. The number of aromatic nitrogens is 1. The Morgan fingerprint density at radius 1 is 1.46 bits per heavy atom. The number of rotatable bonds is 5. The van der Waals surface area contributed by atoms with Crippen molar-refractivity contribution in [1.82, 2.24) is 15.2 Å². The van der Waals surface area contributed by atoms with E-state index in [1.165, 1.54) is 6.07 Å². The van der Waals surface area contributed by atoms with Gasteiger partial charge in [-0.2, -0.15) is 0 Å². The number of thiazole rings is 1. The van der Waals surface area contributed by atoms with Crippen molar-refractivity contribution in [3.8, 4) is 0 Å². The predicted molar refractivity (Wildman–Crippen MR) is 113 cm³/mol. The van der Waals surface area contributed by atoms with E-state index in [9.17, 15) is 4.39 Å². The van der Waals surface area contributed by atoms with Gasteiger partial charge in [0.05, 0.1) is 17.2 Å². The summed E-state index contributed by atoms with van der Waals surface area (Å²) in [6, 6.07) is 4.99. The minimum atomic E-state index is -0.184. The normalized spacial score (nSPS) is 11.1. The van der Waals surface area contributed by atoms with Gasteiger partial charge in [-0.25, -0.2) is 9.37 Å². The summed E-state index contributed by atoms with van der Waals surface area (Å²) in [4.78, 5) is 10.7. The second-order valence-corrected chi connectivity index (χ2v) is 7.15.